The lowest BCUT2D eigenvalue weighted by Crippen LogP contribution is -2.06. The fourth-order valence-corrected chi connectivity index (χ4v) is 1.19. The van der Waals surface area contributed by atoms with Crippen LogP contribution in [-0.2, 0) is 0 Å². The Hall–Kier alpha value is -0.0400. The van der Waals surface area contributed by atoms with E-state index in [1.54, 1.807) is 0 Å². The first-order chi connectivity index (χ1) is 4.16. The third kappa shape index (κ3) is 5.84. The van der Waals surface area contributed by atoms with Gasteiger partial charge in [0.2, 0.25) is 0 Å². The highest BCUT2D eigenvalue weighted by molar-refractivity contribution is 4.55. The van der Waals surface area contributed by atoms with E-state index in [2.05, 4.69) is 13.8 Å². The molecule has 0 fully saturated rings. The fourth-order valence-electron chi connectivity index (χ4n) is 1.19. The summed E-state index contributed by atoms with van der Waals surface area (Å²) in [6.07, 6.45) is 3.30. The molecule has 1 heteroatoms. The van der Waals surface area contributed by atoms with Gasteiger partial charge in [-0.05, 0) is 19.3 Å². The molecule has 2 unspecified atom stereocenters. The molecule has 9 heavy (non-hydrogen) atoms. The summed E-state index contributed by atoms with van der Waals surface area (Å²) in [6, 6.07) is 0. The van der Waals surface area contributed by atoms with Gasteiger partial charge in [-0.3, -0.25) is 0 Å². The fraction of sp³-hybridized carbons (Fsp3) is 1.00. The van der Waals surface area contributed by atoms with E-state index >= 15 is 0 Å². The van der Waals surface area contributed by atoms with E-state index in [4.69, 9.17) is 5.11 Å². The summed E-state index contributed by atoms with van der Waals surface area (Å²) in [5.74, 6) is 0.690. The lowest BCUT2D eigenvalue weighted by Gasteiger charge is -2.10. The van der Waals surface area contributed by atoms with Crippen molar-refractivity contribution in [1.29, 1.82) is 0 Å². The van der Waals surface area contributed by atoms with Crippen LogP contribution in [0.5, 0.6) is 0 Å². The Morgan fingerprint density at radius 3 is 2.22 bits per heavy atom. The Labute approximate surface area is 58.1 Å². The molecule has 2 atom stereocenters. The van der Waals surface area contributed by atoms with Crippen LogP contribution in [0.15, 0.2) is 0 Å². The number of aliphatic hydroxyl groups is 1. The van der Waals surface area contributed by atoms with Gasteiger partial charge in [0.15, 0.2) is 0 Å². The lowest BCUT2D eigenvalue weighted by molar-refractivity contribution is 0.161. The molecule has 0 aliphatic rings. The van der Waals surface area contributed by atoms with Crippen molar-refractivity contribution in [1.82, 2.24) is 0 Å². The summed E-state index contributed by atoms with van der Waals surface area (Å²) in [4.78, 5) is 0. The van der Waals surface area contributed by atoms with Crippen LogP contribution in [0.4, 0.5) is 0 Å². The first-order valence-electron chi connectivity index (χ1n) is 3.84. The summed E-state index contributed by atoms with van der Waals surface area (Å²) in [5, 5.41) is 8.95. The minimum Gasteiger partial charge on any atom is -0.393 e. The predicted octanol–water partition coefficient (Wildman–Crippen LogP) is 2.19. The molecule has 0 radical (unpaired) electrons. The third-order valence-corrected chi connectivity index (χ3v) is 1.52. The van der Waals surface area contributed by atoms with Crippen molar-refractivity contribution in [2.45, 2.75) is 46.1 Å². The van der Waals surface area contributed by atoms with Gasteiger partial charge in [0.1, 0.15) is 0 Å². The topological polar surface area (TPSA) is 20.2 Å². The summed E-state index contributed by atoms with van der Waals surface area (Å²) in [7, 11) is 0. The third-order valence-electron chi connectivity index (χ3n) is 1.52. The second-order valence-electron chi connectivity index (χ2n) is 2.98. The zero-order chi connectivity index (χ0) is 7.28. The molecule has 0 aliphatic carbocycles. The molecular formula is C8H18O. The minimum absolute atomic E-state index is 0.119. The lowest BCUT2D eigenvalue weighted by atomic mass is 10.00. The number of hydrogen-bond acceptors (Lipinski definition) is 1. The molecule has 0 aliphatic heterocycles. The van der Waals surface area contributed by atoms with E-state index < -0.39 is 0 Å². The van der Waals surface area contributed by atoms with E-state index in [-0.39, 0.29) is 6.10 Å². The largest absolute Gasteiger partial charge is 0.393 e. The highest BCUT2D eigenvalue weighted by Gasteiger charge is 2.03. The maximum atomic E-state index is 8.95. The van der Waals surface area contributed by atoms with E-state index in [0.29, 0.717) is 5.92 Å². The van der Waals surface area contributed by atoms with E-state index in [1.165, 1.54) is 12.8 Å². The quantitative estimate of drug-likeness (QED) is 0.618. The van der Waals surface area contributed by atoms with Crippen LogP contribution in [-0.4, -0.2) is 11.2 Å². The van der Waals surface area contributed by atoms with Crippen LogP contribution >= 0.6 is 0 Å². The summed E-state index contributed by atoms with van der Waals surface area (Å²) in [6.45, 7) is 6.22. The molecule has 0 aromatic heterocycles. The smallest absolute Gasteiger partial charge is 0.0514 e. The number of aliphatic hydroxyl groups excluding tert-OH is 1. The summed E-state index contributed by atoms with van der Waals surface area (Å²) >= 11 is 0. The van der Waals surface area contributed by atoms with Crippen molar-refractivity contribution in [3.05, 3.63) is 0 Å². The van der Waals surface area contributed by atoms with Crippen molar-refractivity contribution in [2.75, 3.05) is 0 Å². The molecule has 0 amide bonds. The Kier molecular flexibility index (Phi) is 4.78. The van der Waals surface area contributed by atoms with Gasteiger partial charge in [-0.2, -0.15) is 0 Å². The number of rotatable bonds is 4. The SMILES string of the molecule is CCCC(C)CC(C)O. The van der Waals surface area contributed by atoms with E-state index in [9.17, 15) is 0 Å². The number of hydrogen-bond donors (Lipinski definition) is 1. The molecule has 0 aromatic rings. The Morgan fingerprint density at radius 2 is 1.89 bits per heavy atom. The monoisotopic (exact) mass is 130 g/mol. The van der Waals surface area contributed by atoms with Crippen LogP contribution in [0.1, 0.15) is 40.0 Å². The molecular weight excluding hydrogens is 112 g/mol. The maximum Gasteiger partial charge on any atom is 0.0514 e. The summed E-state index contributed by atoms with van der Waals surface area (Å²) in [5.41, 5.74) is 0. The van der Waals surface area contributed by atoms with E-state index in [1.807, 2.05) is 6.92 Å². The average Bonchev–Trinajstić information content (AvgIpc) is 1.63. The van der Waals surface area contributed by atoms with Crippen molar-refractivity contribution in [2.24, 2.45) is 5.92 Å². The van der Waals surface area contributed by atoms with Crippen LogP contribution in [0.3, 0.4) is 0 Å². The van der Waals surface area contributed by atoms with Crippen LogP contribution in [0.2, 0.25) is 0 Å². The predicted molar refractivity (Wildman–Crippen MR) is 40.4 cm³/mol. The van der Waals surface area contributed by atoms with Gasteiger partial charge in [0.25, 0.3) is 0 Å². The van der Waals surface area contributed by atoms with Crippen molar-refractivity contribution in [3.63, 3.8) is 0 Å². The molecule has 0 spiro atoms. The highest BCUT2D eigenvalue weighted by Crippen LogP contribution is 2.11. The first-order valence-corrected chi connectivity index (χ1v) is 3.84. The molecule has 0 saturated carbocycles. The molecule has 0 bridgehead atoms. The van der Waals surface area contributed by atoms with Crippen molar-refractivity contribution >= 4 is 0 Å². The van der Waals surface area contributed by atoms with Gasteiger partial charge in [0, 0.05) is 0 Å². The molecule has 1 N–H and O–H groups in total. The zero-order valence-corrected chi connectivity index (χ0v) is 6.72. The second kappa shape index (κ2) is 4.80. The average molecular weight is 130 g/mol. The normalized spacial score (nSPS) is 17.3. The van der Waals surface area contributed by atoms with Crippen molar-refractivity contribution in [3.8, 4) is 0 Å². The van der Waals surface area contributed by atoms with E-state index in [0.717, 1.165) is 6.42 Å². The Morgan fingerprint density at radius 1 is 1.33 bits per heavy atom. The van der Waals surface area contributed by atoms with Gasteiger partial charge in [-0.15, -0.1) is 0 Å². The molecule has 0 heterocycles. The molecule has 0 aromatic carbocycles. The molecule has 1 nitrogen and oxygen atoms in total. The summed E-state index contributed by atoms with van der Waals surface area (Å²) < 4.78 is 0. The van der Waals surface area contributed by atoms with Gasteiger partial charge < -0.3 is 5.11 Å². The highest BCUT2D eigenvalue weighted by atomic mass is 16.3. The van der Waals surface area contributed by atoms with Crippen LogP contribution < -0.4 is 0 Å². The zero-order valence-electron chi connectivity index (χ0n) is 6.72. The van der Waals surface area contributed by atoms with Crippen LogP contribution in [0.25, 0.3) is 0 Å². The standard InChI is InChI=1S/C8H18O/c1-4-5-7(2)6-8(3)9/h7-9H,4-6H2,1-3H3. The maximum absolute atomic E-state index is 8.95. The van der Waals surface area contributed by atoms with Gasteiger partial charge in [0.05, 0.1) is 6.10 Å². The van der Waals surface area contributed by atoms with Gasteiger partial charge >= 0.3 is 0 Å². The van der Waals surface area contributed by atoms with Gasteiger partial charge in [-0.1, -0.05) is 26.7 Å². The van der Waals surface area contributed by atoms with Gasteiger partial charge in [-0.25, -0.2) is 0 Å². The van der Waals surface area contributed by atoms with Crippen LogP contribution in [0, 0.1) is 5.92 Å². The molecule has 0 rings (SSSR count). The second-order valence-corrected chi connectivity index (χ2v) is 2.98. The molecule has 0 saturated heterocycles. The Balaban J connectivity index is 3.15. The minimum atomic E-state index is -0.119. The van der Waals surface area contributed by atoms with Crippen molar-refractivity contribution < 1.29 is 5.11 Å². The molecule has 56 valence electrons. The Bertz CT molecular complexity index is 59.6. The first kappa shape index (κ1) is 8.96.